The zero-order valence-electron chi connectivity index (χ0n) is 18.1. The van der Waals surface area contributed by atoms with Gasteiger partial charge in [-0.05, 0) is 42.0 Å². The van der Waals surface area contributed by atoms with Crippen LogP contribution in [0, 0.1) is 18.6 Å². The molecule has 4 aromatic rings. The zero-order valence-corrected chi connectivity index (χ0v) is 18.1. The lowest BCUT2D eigenvalue weighted by Gasteiger charge is -2.24. The van der Waals surface area contributed by atoms with Crippen molar-refractivity contribution < 1.29 is 8.78 Å². The molecule has 3 aromatic heterocycles. The van der Waals surface area contributed by atoms with Gasteiger partial charge in [-0.25, -0.2) is 13.8 Å². The molecule has 0 radical (unpaired) electrons. The van der Waals surface area contributed by atoms with Crippen LogP contribution in [0.15, 0.2) is 30.3 Å². The third-order valence-corrected chi connectivity index (χ3v) is 5.16. The van der Waals surface area contributed by atoms with Gasteiger partial charge >= 0.3 is 0 Å². The zero-order chi connectivity index (χ0) is 22.3. The van der Waals surface area contributed by atoms with E-state index in [9.17, 15) is 8.78 Å². The van der Waals surface area contributed by atoms with Crippen molar-refractivity contribution in [2.24, 2.45) is 14.1 Å². The van der Waals surface area contributed by atoms with Crippen LogP contribution in [-0.2, 0) is 27.2 Å². The van der Waals surface area contributed by atoms with Crippen LogP contribution < -0.4 is 9.80 Å². The summed E-state index contributed by atoms with van der Waals surface area (Å²) in [5, 5.41) is 13.3. The van der Waals surface area contributed by atoms with E-state index < -0.39 is 11.6 Å². The molecular weight excluding hydrogens is 402 g/mol. The summed E-state index contributed by atoms with van der Waals surface area (Å²) in [5.74, 6) is -0.0907. The molecule has 0 unspecified atom stereocenters. The lowest BCUT2D eigenvalue weighted by Crippen LogP contribution is -2.25. The maximum Gasteiger partial charge on any atom is 0.266 e. The molecule has 4 rings (SSSR count). The lowest BCUT2D eigenvalue weighted by atomic mass is 10.1. The van der Waals surface area contributed by atoms with Crippen LogP contribution in [0.3, 0.4) is 0 Å². The SMILES string of the molecule is Cc1cc2cc(CN(Cc3cc(F)cc(F)c3)c3nnn(C)n3)c(N(C)C)nc2n1C. The van der Waals surface area contributed by atoms with Gasteiger partial charge in [-0.3, -0.25) is 0 Å². The maximum atomic E-state index is 13.8. The Morgan fingerprint density at radius 3 is 2.29 bits per heavy atom. The van der Waals surface area contributed by atoms with Gasteiger partial charge in [0.2, 0.25) is 0 Å². The molecule has 10 heteroatoms. The van der Waals surface area contributed by atoms with Gasteiger partial charge in [-0.2, -0.15) is 4.80 Å². The highest BCUT2D eigenvalue weighted by atomic mass is 19.1. The summed E-state index contributed by atoms with van der Waals surface area (Å²) in [6.45, 7) is 2.62. The minimum atomic E-state index is -0.626. The van der Waals surface area contributed by atoms with Gasteiger partial charge in [-0.1, -0.05) is 5.10 Å². The van der Waals surface area contributed by atoms with Crippen molar-refractivity contribution in [1.82, 2.24) is 29.8 Å². The first-order valence-electron chi connectivity index (χ1n) is 9.78. The van der Waals surface area contributed by atoms with Crippen molar-refractivity contribution in [3.63, 3.8) is 0 Å². The molecule has 0 saturated carbocycles. The topological polar surface area (TPSA) is 67.9 Å². The van der Waals surface area contributed by atoms with Gasteiger partial charge < -0.3 is 14.4 Å². The molecule has 31 heavy (non-hydrogen) atoms. The van der Waals surface area contributed by atoms with Crippen LogP contribution >= 0.6 is 0 Å². The third-order valence-electron chi connectivity index (χ3n) is 5.16. The summed E-state index contributed by atoms with van der Waals surface area (Å²) >= 11 is 0. The van der Waals surface area contributed by atoms with Crippen molar-refractivity contribution in [2.75, 3.05) is 23.9 Å². The smallest absolute Gasteiger partial charge is 0.266 e. The molecule has 0 N–H and O–H groups in total. The van der Waals surface area contributed by atoms with Crippen molar-refractivity contribution in [1.29, 1.82) is 0 Å². The van der Waals surface area contributed by atoms with E-state index in [1.807, 2.05) is 42.4 Å². The summed E-state index contributed by atoms with van der Waals surface area (Å²) in [6.07, 6.45) is 0. The normalized spacial score (nSPS) is 11.3. The predicted molar refractivity (Wildman–Crippen MR) is 115 cm³/mol. The van der Waals surface area contributed by atoms with Gasteiger partial charge in [0, 0.05) is 56.9 Å². The third kappa shape index (κ3) is 4.18. The minimum Gasteiger partial charge on any atom is -0.362 e. The molecule has 162 valence electrons. The van der Waals surface area contributed by atoms with Crippen LogP contribution in [0.2, 0.25) is 0 Å². The first-order valence-corrected chi connectivity index (χ1v) is 9.78. The van der Waals surface area contributed by atoms with Crippen LogP contribution in [-0.4, -0.2) is 43.9 Å². The van der Waals surface area contributed by atoms with Crippen molar-refractivity contribution >= 4 is 22.8 Å². The lowest BCUT2D eigenvalue weighted by molar-refractivity contribution is 0.578. The van der Waals surface area contributed by atoms with Crippen LogP contribution in [0.1, 0.15) is 16.8 Å². The number of pyridine rings is 1. The number of anilines is 2. The molecule has 8 nitrogen and oxygen atoms in total. The highest BCUT2D eigenvalue weighted by molar-refractivity contribution is 5.81. The van der Waals surface area contributed by atoms with Crippen molar-refractivity contribution in [3.05, 3.63) is 58.8 Å². The first kappa shape index (κ1) is 20.7. The first-order chi connectivity index (χ1) is 14.7. The van der Waals surface area contributed by atoms with Crippen molar-refractivity contribution in [3.8, 4) is 0 Å². The number of fused-ring (bicyclic) bond motifs is 1. The summed E-state index contributed by atoms with van der Waals surface area (Å²) < 4.78 is 29.6. The average molecular weight is 426 g/mol. The van der Waals surface area contributed by atoms with E-state index in [-0.39, 0.29) is 6.54 Å². The highest BCUT2D eigenvalue weighted by Gasteiger charge is 2.19. The number of tetrazole rings is 1. The standard InChI is InChI=1S/C21H24F2N8/c1-13-6-15-9-16(19(28(2)3)24-20(15)29(13)4)12-31(21-25-27-30(5)26-21)11-14-7-17(22)10-18(23)8-14/h6-10H,11-12H2,1-5H3. The van der Waals surface area contributed by atoms with Crippen molar-refractivity contribution in [2.45, 2.75) is 20.0 Å². The molecular formula is C21H24F2N8. The summed E-state index contributed by atoms with van der Waals surface area (Å²) in [4.78, 5) is 9.99. The largest absolute Gasteiger partial charge is 0.362 e. The molecule has 0 amide bonds. The Labute approximate surface area is 178 Å². The van der Waals surface area contributed by atoms with E-state index in [0.29, 0.717) is 18.1 Å². The van der Waals surface area contributed by atoms with E-state index >= 15 is 0 Å². The molecule has 3 heterocycles. The molecule has 1 aromatic carbocycles. The second-order valence-electron chi connectivity index (χ2n) is 7.84. The van der Waals surface area contributed by atoms with Crippen LogP contribution in [0.5, 0.6) is 0 Å². The summed E-state index contributed by atoms with van der Waals surface area (Å²) in [5.41, 5.74) is 3.40. The Hall–Kier alpha value is -3.56. The second-order valence-corrected chi connectivity index (χ2v) is 7.84. The molecule has 0 aliphatic rings. The Balaban J connectivity index is 1.77. The molecule has 0 saturated heterocycles. The highest BCUT2D eigenvalue weighted by Crippen LogP contribution is 2.27. The molecule has 0 aliphatic heterocycles. The van der Waals surface area contributed by atoms with Gasteiger partial charge in [0.15, 0.2) is 0 Å². The number of aromatic nitrogens is 6. The van der Waals surface area contributed by atoms with E-state index in [4.69, 9.17) is 4.98 Å². The quantitative estimate of drug-likeness (QED) is 0.472. The number of aryl methyl sites for hydroxylation is 3. The van der Waals surface area contributed by atoms with Crippen LogP contribution in [0.4, 0.5) is 20.5 Å². The molecule has 0 fully saturated rings. The Morgan fingerprint density at radius 2 is 1.68 bits per heavy atom. The Bertz CT molecular complexity index is 1220. The fraction of sp³-hybridized carbons (Fsp3) is 0.333. The number of halogens is 2. The fourth-order valence-corrected chi connectivity index (χ4v) is 3.65. The van der Waals surface area contributed by atoms with Gasteiger partial charge in [0.05, 0.1) is 7.05 Å². The summed E-state index contributed by atoms with van der Waals surface area (Å²) in [6, 6.07) is 7.63. The van der Waals surface area contributed by atoms with E-state index in [1.165, 1.54) is 16.9 Å². The van der Waals surface area contributed by atoms with E-state index in [1.54, 1.807) is 7.05 Å². The minimum absolute atomic E-state index is 0.207. The van der Waals surface area contributed by atoms with Gasteiger partial charge in [-0.15, -0.1) is 5.10 Å². The molecule has 0 spiro atoms. The molecule has 0 aliphatic carbocycles. The monoisotopic (exact) mass is 426 g/mol. The number of hydrogen-bond donors (Lipinski definition) is 0. The van der Waals surface area contributed by atoms with E-state index in [0.717, 1.165) is 34.2 Å². The fourth-order valence-electron chi connectivity index (χ4n) is 3.65. The van der Waals surface area contributed by atoms with Gasteiger partial charge in [0.25, 0.3) is 5.95 Å². The molecule has 0 bridgehead atoms. The van der Waals surface area contributed by atoms with Crippen LogP contribution in [0.25, 0.3) is 11.0 Å². The molecule has 0 atom stereocenters. The number of rotatable bonds is 6. The number of benzene rings is 1. The Kier molecular flexibility index (Phi) is 5.30. The number of hydrogen-bond acceptors (Lipinski definition) is 6. The second kappa shape index (κ2) is 7.93. The average Bonchev–Trinajstić information content (AvgIpc) is 3.23. The number of nitrogens with zero attached hydrogens (tertiary/aromatic N) is 8. The van der Waals surface area contributed by atoms with E-state index in [2.05, 4.69) is 27.5 Å². The Morgan fingerprint density at radius 1 is 0.968 bits per heavy atom. The van der Waals surface area contributed by atoms with Gasteiger partial charge in [0.1, 0.15) is 23.1 Å². The summed E-state index contributed by atoms with van der Waals surface area (Å²) in [7, 11) is 7.51. The maximum absolute atomic E-state index is 13.8. The predicted octanol–water partition coefficient (Wildman–Crippen LogP) is 2.96.